The van der Waals surface area contributed by atoms with Crippen LogP contribution in [-0.4, -0.2) is 54.2 Å². The highest BCUT2D eigenvalue weighted by Crippen LogP contribution is 2.05. The van der Waals surface area contributed by atoms with Crippen molar-refractivity contribution in [2.24, 2.45) is 5.92 Å². The number of aliphatic carboxylic acids is 1. The number of carboxylic acids is 1. The Labute approximate surface area is 112 Å². The molecule has 0 fully saturated rings. The molecule has 2 amide bonds. The minimum absolute atomic E-state index is 0.136. The first-order valence-corrected chi connectivity index (χ1v) is 6.16. The second-order valence-electron chi connectivity index (χ2n) is 4.56. The van der Waals surface area contributed by atoms with Gasteiger partial charge in [0.2, 0.25) is 0 Å². The van der Waals surface area contributed by atoms with E-state index in [1.165, 1.54) is 12.0 Å². The van der Waals surface area contributed by atoms with Gasteiger partial charge < -0.3 is 20.1 Å². The van der Waals surface area contributed by atoms with Crippen molar-refractivity contribution in [3.63, 3.8) is 0 Å². The lowest BCUT2D eigenvalue weighted by atomic mass is 10.0. The Morgan fingerprint density at radius 3 is 2.26 bits per heavy atom. The van der Waals surface area contributed by atoms with E-state index in [4.69, 9.17) is 5.11 Å². The van der Waals surface area contributed by atoms with E-state index in [0.29, 0.717) is 6.42 Å². The SMILES string of the molecule is CCN(CC(=O)OC)C(=O)N[C@H](CC(C)C)C(=O)O. The molecule has 110 valence electrons. The summed E-state index contributed by atoms with van der Waals surface area (Å²) in [5, 5.41) is 11.4. The summed E-state index contributed by atoms with van der Waals surface area (Å²) in [4.78, 5) is 35.2. The van der Waals surface area contributed by atoms with E-state index in [2.05, 4.69) is 10.1 Å². The van der Waals surface area contributed by atoms with Crippen molar-refractivity contribution >= 4 is 18.0 Å². The summed E-state index contributed by atoms with van der Waals surface area (Å²) in [6.07, 6.45) is 0.330. The fourth-order valence-electron chi connectivity index (χ4n) is 1.48. The van der Waals surface area contributed by atoms with Crippen LogP contribution in [-0.2, 0) is 14.3 Å². The molecule has 0 radical (unpaired) electrons. The van der Waals surface area contributed by atoms with Crippen molar-refractivity contribution in [2.75, 3.05) is 20.2 Å². The maximum Gasteiger partial charge on any atom is 0.326 e. The Morgan fingerprint density at radius 1 is 1.32 bits per heavy atom. The minimum Gasteiger partial charge on any atom is -0.480 e. The Balaban J connectivity index is 4.59. The second-order valence-corrected chi connectivity index (χ2v) is 4.56. The highest BCUT2D eigenvalue weighted by atomic mass is 16.5. The summed E-state index contributed by atoms with van der Waals surface area (Å²) in [5.41, 5.74) is 0. The van der Waals surface area contributed by atoms with E-state index in [1.54, 1.807) is 6.92 Å². The molecule has 19 heavy (non-hydrogen) atoms. The Kier molecular flexibility index (Phi) is 7.55. The van der Waals surface area contributed by atoms with Gasteiger partial charge in [0.25, 0.3) is 0 Å². The summed E-state index contributed by atoms with van der Waals surface area (Å²) >= 11 is 0. The molecule has 7 heteroatoms. The van der Waals surface area contributed by atoms with Gasteiger partial charge in [-0.2, -0.15) is 0 Å². The molecule has 0 saturated heterocycles. The summed E-state index contributed by atoms with van der Waals surface area (Å²) in [6.45, 7) is 5.52. The maximum absolute atomic E-state index is 11.9. The van der Waals surface area contributed by atoms with Crippen LogP contribution in [0.25, 0.3) is 0 Å². The molecule has 0 saturated carbocycles. The van der Waals surface area contributed by atoms with Crippen LogP contribution in [0.15, 0.2) is 0 Å². The number of amides is 2. The third-order valence-corrected chi connectivity index (χ3v) is 2.52. The molecule has 0 rings (SSSR count). The summed E-state index contributed by atoms with van der Waals surface area (Å²) in [7, 11) is 1.23. The monoisotopic (exact) mass is 274 g/mol. The summed E-state index contributed by atoms with van der Waals surface area (Å²) in [6, 6.07) is -1.54. The number of esters is 1. The minimum atomic E-state index is -1.09. The molecule has 0 aromatic rings. The Hall–Kier alpha value is -1.79. The predicted molar refractivity (Wildman–Crippen MR) is 68.7 cm³/mol. The van der Waals surface area contributed by atoms with Crippen molar-refractivity contribution in [1.82, 2.24) is 10.2 Å². The molecule has 2 N–H and O–H groups in total. The van der Waals surface area contributed by atoms with Gasteiger partial charge in [-0.3, -0.25) is 4.79 Å². The quantitative estimate of drug-likeness (QED) is 0.666. The van der Waals surface area contributed by atoms with Gasteiger partial charge in [-0.25, -0.2) is 9.59 Å². The number of nitrogens with one attached hydrogen (secondary N) is 1. The highest BCUT2D eigenvalue weighted by molar-refractivity contribution is 5.85. The summed E-state index contributed by atoms with van der Waals surface area (Å²) in [5.74, 6) is -1.50. The zero-order chi connectivity index (χ0) is 15.0. The van der Waals surface area contributed by atoms with Crippen molar-refractivity contribution < 1.29 is 24.2 Å². The molecule has 0 aromatic carbocycles. The molecule has 0 aromatic heterocycles. The van der Waals surface area contributed by atoms with Crippen molar-refractivity contribution in [3.05, 3.63) is 0 Å². The van der Waals surface area contributed by atoms with E-state index in [0.717, 1.165) is 0 Å². The van der Waals surface area contributed by atoms with Gasteiger partial charge in [-0.1, -0.05) is 13.8 Å². The van der Waals surface area contributed by atoms with Gasteiger partial charge in [0.15, 0.2) is 0 Å². The van der Waals surface area contributed by atoms with E-state index in [1.807, 2.05) is 13.8 Å². The Bertz CT molecular complexity index is 330. The first-order valence-electron chi connectivity index (χ1n) is 6.16. The molecule has 0 aliphatic rings. The topological polar surface area (TPSA) is 95.9 Å². The van der Waals surface area contributed by atoms with E-state index in [-0.39, 0.29) is 19.0 Å². The predicted octanol–water partition coefficient (Wildman–Crippen LogP) is 0.690. The lowest BCUT2D eigenvalue weighted by molar-refractivity contribution is -0.141. The number of carbonyl (C=O) groups is 3. The van der Waals surface area contributed by atoms with Crippen LogP contribution in [0.5, 0.6) is 0 Å². The molecular formula is C12H22N2O5. The molecule has 0 heterocycles. The Morgan fingerprint density at radius 2 is 1.89 bits per heavy atom. The smallest absolute Gasteiger partial charge is 0.326 e. The van der Waals surface area contributed by atoms with E-state index < -0.39 is 24.0 Å². The van der Waals surface area contributed by atoms with Crippen LogP contribution in [0.4, 0.5) is 4.79 Å². The molecule has 0 spiro atoms. The van der Waals surface area contributed by atoms with Crippen LogP contribution >= 0.6 is 0 Å². The lowest BCUT2D eigenvalue weighted by Crippen LogP contribution is -2.49. The number of ether oxygens (including phenoxy) is 1. The molecule has 0 unspecified atom stereocenters. The van der Waals surface area contributed by atoms with E-state index in [9.17, 15) is 14.4 Å². The number of nitrogens with zero attached hydrogens (tertiary/aromatic N) is 1. The molecule has 0 bridgehead atoms. The summed E-state index contributed by atoms with van der Waals surface area (Å²) < 4.78 is 4.47. The second kappa shape index (κ2) is 8.34. The van der Waals surface area contributed by atoms with Crippen molar-refractivity contribution in [3.8, 4) is 0 Å². The maximum atomic E-state index is 11.9. The third-order valence-electron chi connectivity index (χ3n) is 2.52. The van der Waals surface area contributed by atoms with Crippen LogP contribution in [0.2, 0.25) is 0 Å². The van der Waals surface area contributed by atoms with Gasteiger partial charge in [-0.15, -0.1) is 0 Å². The van der Waals surface area contributed by atoms with Crippen LogP contribution in [0.1, 0.15) is 27.2 Å². The molecule has 0 aliphatic carbocycles. The highest BCUT2D eigenvalue weighted by Gasteiger charge is 2.24. The number of hydrogen-bond acceptors (Lipinski definition) is 4. The fourth-order valence-corrected chi connectivity index (χ4v) is 1.48. The van der Waals surface area contributed by atoms with Crippen LogP contribution in [0, 0.1) is 5.92 Å². The molecule has 7 nitrogen and oxygen atoms in total. The number of methoxy groups -OCH3 is 1. The number of carboxylic acid groups (broad SMARTS) is 1. The van der Waals surface area contributed by atoms with Crippen molar-refractivity contribution in [1.29, 1.82) is 0 Å². The number of urea groups is 1. The molecule has 1 atom stereocenters. The van der Waals surface area contributed by atoms with Crippen LogP contribution in [0.3, 0.4) is 0 Å². The first-order chi connectivity index (χ1) is 8.81. The number of hydrogen-bond donors (Lipinski definition) is 2. The fraction of sp³-hybridized carbons (Fsp3) is 0.750. The normalized spacial score (nSPS) is 11.8. The number of rotatable bonds is 7. The van der Waals surface area contributed by atoms with Gasteiger partial charge in [0.05, 0.1) is 7.11 Å². The van der Waals surface area contributed by atoms with Gasteiger partial charge >= 0.3 is 18.0 Å². The van der Waals surface area contributed by atoms with Gasteiger partial charge in [-0.05, 0) is 19.3 Å². The average Bonchev–Trinajstić information content (AvgIpc) is 2.33. The van der Waals surface area contributed by atoms with Crippen molar-refractivity contribution in [2.45, 2.75) is 33.2 Å². The zero-order valence-electron chi connectivity index (χ0n) is 11.8. The van der Waals surface area contributed by atoms with Gasteiger partial charge in [0, 0.05) is 6.54 Å². The average molecular weight is 274 g/mol. The largest absolute Gasteiger partial charge is 0.480 e. The van der Waals surface area contributed by atoms with Gasteiger partial charge in [0.1, 0.15) is 12.6 Å². The first kappa shape index (κ1) is 17.2. The number of carbonyl (C=O) groups excluding carboxylic acids is 2. The molecule has 0 aliphatic heterocycles. The standard InChI is InChI=1S/C12H22N2O5/c1-5-14(7-10(15)19-4)12(18)13-9(11(16)17)6-8(2)3/h8-9H,5-7H2,1-4H3,(H,13,18)(H,16,17)/t9-/m1/s1. The number of likely N-dealkylation sites (N-methyl/N-ethyl adjacent to an activating group) is 1. The molecular weight excluding hydrogens is 252 g/mol. The van der Waals surface area contributed by atoms with E-state index >= 15 is 0 Å². The van der Waals surface area contributed by atoms with Crippen LogP contribution < -0.4 is 5.32 Å². The lowest BCUT2D eigenvalue weighted by Gasteiger charge is -2.23. The zero-order valence-corrected chi connectivity index (χ0v) is 11.8. The third kappa shape index (κ3) is 6.64.